The van der Waals surface area contributed by atoms with E-state index in [-0.39, 0.29) is 28.4 Å². The maximum atomic E-state index is 13.2. The van der Waals surface area contributed by atoms with Crippen LogP contribution < -0.4 is 10.3 Å². The summed E-state index contributed by atoms with van der Waals surface area (Å²) in [6.45, 7) is 2.26. The number of nitrogens with zero attached hydrogens (tertiary/aromatic N) is 2. The van der Waals surface area contributed by atoms with Gasteiger partial charge in [0.15, 0.2) is 0 Å². The van der Waals surface area contributed by atoms with Gasteiger partial charge in [-0.25, -0.2) is 9.82 Å². The Labute approximate surface area is 182 Å². The van der Waals surface area contributed by atoms with Gasteiger partial charge in [0.05, 0.1) is 35.2 Å². The van der Waals surface area contributed by atoms with Crippen LogP contribution in [-0.2, 0) is 11.3 Å². The number of nitro groups is 1. The van der Waals surface area contributed by atoms with E-state index >= 15 is 0 Å². The molecule has 3 rings (SSSR count). The summed E-state index contributed by atoms with van der Waals surface area (Å²) >= 11 is 11.9. The molecule has 1 fully saturated rings. The van der Waals surface area contributed by atoms with Crippen molar-refractivity contribution >= 4 is 41.0 Å². The van der Waals surface area contributed by atoms with Crippen LogP contribution in [0, 0.1) is 21.8 Å². The molecule has 158 valence electrons. The van der Waals surface area contributed by atoms with Gasteiger partial charge in [0.2, 0.25) is 5.91 Å². The molecular weight excluding hydrogens is 434 g/mol. The van der Waals surface area contributed by atoms with Crippen molar-refractivity contribution in [3.8, 4) is 0 Å². The number of carbonyl (C=O) groups excluding carboxylic acids is 1. The first-order chi connectivity index (χ1) is 14.3. The summed E-state index contributed by atoms with van der Waals surface area (Å²) in [4.78, 5) is 24.0. The molecule has 2 aromatic carbocycles. The van der Waals surface area contributed by atoms with Crippen molar-refractivity contribution in [3.05, 3.63) is 73.5 Å². The van der Waals surface area contributed by atoms with Gasteiger partial charge in [0, 0.05) is 30.0 Å². The minimum absolute atomic E-state index is 0.0392. The number of hydrazone groups is 1. The highest BCUT2D eigenvalue weighted by Crippen LogP contribution is 2.24. The Morgan fingerprint density at radius 1 is 1.23 bits per heavy atom. The average Bonchev–Trinajstić information content (AvgIpc) is 2.71. The van der Waals surface area contributed by atoms with Crippen molar-refractivity contribution in [2.45, 2.75) is 19.4 Å². The maximum absolute atomic E-state index is 13.2. The Morgan fingerprint density at radius 3 is 2.63 bits per heavy atom. The molecule has 0 aromatic heterocycles. The molecule has 1 aliphatic rings. The second-order valence-corrected chi connectivity index (χ2v) is 7.95. The summed E-state index contributed by atoms with van der Waals surface area (Å²) in [5.74, 6) is -0.703. The number of piperidine rings is 1. The molecule has 1 saturated heterocycles. The molecule has 1 aliphatic heterocycles. The second kappa shape index (κ2) is 9.97. The van der Waals surface area contributed by atoms with E-state index in [1.165, 1.54) is 35.4 Å². The van der Waals surface area contributed by atoms with Crippen LogP contribution in [0.4, 0.5) is 10.1 Å². The third kappa shape index (κ3) is 5.75. The molecule has 10 heteroatoms. The molecule has 0 bridgehead atoms. The monoisotopic (exact) mass is 453 g/mol. The fourth-order valence-electron chi connectivity index (χ4n) is 3.41. The third-order valence-electron chi connectivity index (χ3n) is 5.07. The Kier molecular flexibility index (Phi) is 7.36. The van der Waals surface area contributed by atoms with Crippen molar-refractivity contribution in [1.29, 1.82) is 0 Å². The Balaban J connectivity index is 1.49. The number of likely N-dealkylation sites (tertiary alicyclic amines) is 1. The van der Waals surface area contributed by atoms with Crippen LogP contribution in [0.2, 0.25) is 10.0 Å². The summed E-state index contributed by atoms with van der Waals surface area (Å²) in [6, 6.07) is 8.68. The number of quaternary nitrogens is 1. The quantitative estimate of drug-likeness (QED) is 0.400. The van der Waals surface area contributed by atoms with E-state index in [1.54, 1.807) is 12.1 Å². The highest BCUT2D eigenvalue weighted by atomic mass is 35.5. The van der Waals surface area contributed by atoms with Crippen LogP contribution in [0.5, 0.6) is 0 Å². The van der Waals surface area contributed by atoms with Gasteiger partial charge in [-0.1, -0.05) is 29.3 Å². The van der Waals surface area contributed by atoms with Crippen LogP contribution in [0.25, 0.3) is 0 Å². The standard InChI is InChI=1S/C20H19Cl2FN4O3/c21-17-4-1-13(9-19(17)27(29)30)11-24-25-20(28)14-5-7-26(8-6-14)12-15-2-3-16(23)10-18(15)22/h1-4,9-11,14H,5-8,12H2,(H,25,28)/p+1. The van der Waals surface area contributed by atoms with E-state index in [0.717, 1.165) is 18.7 Å². The van der Waals surface area contributed by atoms with Gasteiger partial charge in [-0.15, -0.1) is 0 Å². The highest BCUT2D eigenvalue weighted by molar-refractivity contribution is 6.32. The summed E-state index contributed by atoms with van der Waals surface area (Å²) in [5, 5.41) is 15.3. The molecule has 0 saturated carbocycles. The lowest BCUT2D eigenvalue weighted by Crippen LogP contribution is -3.11. The Bertz CT molecular complexity index is 979. The summed E-state index contributed by atoms with van der Waals surface area (Å²) < 4.78 is 13.2. The molecule has 0 aliphatic carbocycles. The third-order valence-corrected chi connectivity index (χ3v) is 5.75. The summed E-state index contributed by atoms with van der Waals surface area (Å²) in [7, 11) is 0. The number of benzene rings is 2. The first-order valence-electron chi connectivity index (χ1n) is 9.38. The minimum Gasteiger partial charge on any atom is -0.331 e. The average molecular weight is 454 g/mol. The number of rotatable bonds is 6. The fourth-order valence-corrected chi connectivity index (χ4v) is 3.83. The van der Waals surface area contributed by atoms with Crippen LogP contribution in [0.3, 0.4) is 0 Å². The Hall–Kier alpha value is -2.55. The van der Waals surface area contributed by atoms with Gasteiger partial charge in [0.25, 0.3) is 5.69 Å². The largest absolute Gasteiger partial charge is 0.331 e. The van der Waals surface area contributed by atoms with Crippen LogP contribution >= 0.6 is 23.2 Å². The lowest BCUT2D eigenvalue weighted by Gasteiger charge is -2.28. The number of amides is 1. The topological polar surface area (TPSA) is 89.0 Å². The van der Waals surface area contributed by atoms with Crippen LogP contribution in [0.15, 0.2) is 41.5 Å². The molecule has 0 unspecified atom stereocenters. The van der Waals surface area contributed by atoms with E-state index in [2.05, 4.69) is 10.5 Å². The lowest BCUT2D eigenvalue weighted by atomic mass is 9.96. The number of carbonyl (C=O) groups is 1. The fraction of sp³-hybridized carbons (Fsp3) is 0.300. The first kappa shape index (κ1) is 22.1. The molecule has 0 spiro atoms. The molecule has 2 N–H and O–H groups in total. The van der Waals surface area contributed by atoms with Crippen molar-refractivity contribution in [3.63, 3.8) is 0 Å². The number of halogens is 3. The number of nitro benzene ring substituents is 1. The van der Waals surface area contributed by atoms with Crippen molar-refractivity contribution in [1.82, 2.24) is 5.43 Å². The molecule has 7 nitrogen and oxygen atoms in total. The minimum atomic E-state index is -0.576. The molecule has 0 atom stereocenters. The smallest absolute Gasteiger partial charge is 0.288 e. The lowest BCUT2D eigenvalue weighted by molar-refractivity contribution is -0.919. The highest BCUT2D eigenvalue weighted by Gasteiger charge is 2.27. The predicted octanol–water partition coefficient (Wildman–Crippen LogP) is 2.99. The molecule has 1 amide bonds. The van der Waals surface area contributed by atoms with Crippen molar-refractivity contribution in [2.24, 2.45) is 11.0 Å². The van der Waals surface area contributed by atoms with Gasteiger partial charge in [-0.3, -0.25) is 14.9 Å². The van der Waals surface area contributed by atoms with E-state index in [0.29, 0.717) is 30.0 Å². The van der Waals surface area contributed by atoms with E-state index in [1.807, 2.05) is 0 Å². The zero-order valence-corrected chi connectivity index (χ0v) is 17.4. The molecule has 1 heterocycles. The molecule has 30 heavy (non-hydrogen) atoms. The van der Waals surface area contributed by atoms with Gasteiger partial charge >= 0.3 is 0 Å². The Morgan fingerprint density at radius 2 is 1.97 bits per heavy atom. The molecule has 2 aromatic rings. The predicted molar refractivity (Wildman–Crippen MR) is 112 cm³/mol. The van der Waals surface area contributed by atoms with Gasteiger partial charge in [0.1, 0.15) is 17.4 Å². The SMILES string of the molecule is O=C(NN=Cc1ccc(Cl)c([N+](=O)[O-])c1)C1CC[NH+](Cc2ccc(F)cc2Cl)CC1. The van der Waals surface area contributed by atoms with Gasteiger partial charge in [-0.2, -0.15) is 5.10 Å². The number of nitrogens with one attached hydrogen (secondary N) is 2. The number of hydrogen-bond acceptors (Lipinski definition) is 4. The molecular formula is C20H20Cl2FN4O3+. The van der Waals surface area contributed by atoms with E-state index in [9.17, 15) is 19.3 Å². The zero-order valence-electron chi connectivity index (χ0n) is 15.9. The number of hydrogen-bond donors (Lipinski definition) is 2. The zero-order chi connectivity index (χ0) is 21.7. The summed E-state index contributed by atoms with van der Waals surface area (Å²) in [6.07, 6.45) is 2.74. The van der Waals surface area contributed by atoms with Gasteiger partial charge < -0.3 is 4.90 Å². The van der Waals surface area contributed by atoms with E-state index in [4.69, 9.17) is 23.2 Å². The molecule has 0 radical (unpaired) electrons. The summed E-state index contributed by atoms with van der Waals surface area (Å²) in [5.41, 5.74) is 3.63. The second-order valence-electron chi connectivity index (χ2n) is 7.14. The maximum Gasteiger partial charge on any atom is 0.288 e. The van der Waals surface area contributed by atoms with Crippen LogP contribution in [-0.4, -0.2) is 30.1 Å². The van der Waals surface area contributed by atoms with Crippen LogP contribution in [0.1, 0.15) is 24.0 Å². The van der Waals surface area contributed by atoms with Crippen molar-refractivity contribution < 1.29 is 19.0 Å². The normalized spacial score (nSPS) is 19.0. The van der Waals surface area contributed by atoms with Crippen molar-refractivity contribution in [2.75, 3.05) is 13.1 Å². The van der Waals surface area contributed by atoms with E-state index < -0.39 is 4.92 Å². The van der Waals surface area contributed by atoms with Gasteiger partial charge in [-0.05, 0) is 24.3 Å². The first-order valence-corrected chi connectivity index (χ1v) is 10.1.